The summed E-state index contributed by atoms with van der Waals surface area (Å²) in [6, 6.07) is 24.7. The number of anilines is 1. The molecule has 0 saturated heterocycles. The van der Waals surface area contributed by atoms with E-state index in [9.17, 15) is 4.79 Å². The van der Waals surface area contributed by atoms with E-state index in [-0.39, 0.29) is 11.9 Å². The normalized spacial score (nSPS) is 15.4. The van der Waals surface area contributed by atoms with Gasteiger partial charge in [-0.1, -0.05) is 54.6 Å². The van der Waals surface area contributed by atoms with Crippen LogP contribution in [0.5, 0.6) is 5.75 Å². The zero-order chi connectivity index (χ0) is 22.7. The van der Waals surface area contributed by atoms with Gasteiger partial charge < -0.3 is 14.4 Å². The first-order valence-corrected chi connectivity index (χ1v) is 11.0. The van der Waals surface area contributed by atoms with Crippen LogP contribution in [0.3, 0.4) is 0 Å². The van der Waals surface area contributed by atoms with Crippen LogP contribution < -0.4 is 9.64 Å². The fourth-order valence-corrected chi connectivity index (χ4v) is 4.49. The van der Waals surface area contributed by atoms with Crippen molar-refractivity contribution in [2.45, 2.75) is 33.2 Å². The zero-order valence-electron chi connectivity index (χ0n) is 19.1. The van der Waals surface area contributed by atoms with E-state index in [0.717, 1.165) is 39.4 Å². The van der Waals surface area contributed by atoms with Gasteiger partial charge in [-0.25, -0.2) is 4.79 Å². The molecule has 3 aromatic carbocycles. The van der Waals surface area contributed by atoms with Gasteiger partial charge in [-0.05, 0) is 61.2 Å². The molecular formula is C28H29NO3. The maximum Gasteiger partial charge on any atom is 0.336 e. The van der Waals surface area contributed by atoms with E-state index in [1.807, 2.05) is 44.2 Å². The maximum absolute atomic E-state index is 13.3. The first-order chi connectivity index (χ1) is 15.5. The largest absolute Gasteiger partial charge is 0.497 e. The Balaban J connectivity index is 1.88. The van der Waals surface area contributed by atoms with E-state index in [1.165, 1.54) is 0 Å². The Bertz CT molecular complexity index is 1150. The highest BCUT2D eigenvalue weighted by Gasteiger charge is 2.36. The van der Waals surface area contributed by atoms with Crippen molar-refractivity contribution in [3.05, 3.63) is 106 Å². The first-order valence-electron chi connectivity index (χ1n) is 11.0. The Hall–Kier alpha value is -3.53. The molecule has 32 heavy (non-hydrogen) atoms. The average Bonchev–Trinajstić information content (AvgIpc) is 2.81. The molecule has 164 valence electrons. The molecule has 0 unspecified atom stereocenters. The third-order valence-electron chi connectivity index (χ3n) is 6.12. The highest BCUT2D eigenvalue weighted by Crippen LogP contribution is 2.46. The second kappa shape index (κ2) is 9.31. The molecular weight excluding hydrogens is 398 g/mol. The van der Waals surface area contributed by atoms with Gasteiger partial charge in [-0.3, -0.25) is 0 Å². The number of carbonyl (C=O) groups is 1. The number of carbonyl (C=O) groups excluding carboxylic acids is 1. The fourth-order valence-electron chi connectivity index (χ4n) is 4.49. The van der Waals surface area contributed by atoms with E-state index in [1.54, 1.807) is 7.11 Å². The molecule has 3 aromatic rings. The lowest BCUT2D eigenvalue weighted by atomic mass is 9.78. The summed E-state index contributed by atoms with van der Waals surface area (Å²) < 4.78 is 10.8. The number of esters is 1. The molecule has 1 heterocycles. The van der Waals surface area contributed by atoms with Crippen molar-refractivity contribution in [1.29, 1.82) is 0 Å². The Kier molecular flexibility index (Phi) is 6.31. The Morgan fingerprint density at radius 2 is 1.56 bits per heavy atom. The molecule has 1 aliphatic rings. The summed E-state index contributed by atoms with van der Waals surface area (Å²) in [4.78, 5) is 15.5. The molecule has 0 N–H and O–H groups in total. The number of nitrogens with zero attached hydrogens (tertiary/aromatic N) is 1. The van der Waals surface area contributed by atoms with E-state index in [0.29, 0.717) is 18.7 Å². The van der Waals surface area contributed by atoms with Gasteiger partial charge in [0.15, 0.2) is 0 Å². The van der Waals surface area contributed by atoms with Crippen LogP contribution in [0.1, 0.15) is 42.0 Å². The minimum atomic E-state index is -0.257. The molecule has 0 fully saturated rings. The summed E-state index contributed by atoms with van der Waals surface area (Å²) in [5, 5.41) is 0. The average molecular weight is 428 g/mol. The second-order valence-corrected chi connectivity index (χ2v) is 8.00. The van der Waals surface area contributed by atoms with Crippen molar-refractivity contribution >= 4 is 11.7 Å². The predicted molar refractivity (Wildman–Crippen MR) is 128 cm³/mol. The number of aryl methyl sites for hydroxylation is 1. The van der Waals surface area contributed by atoms with Crippen molar-refractivity contribution in [2.75, 3.05) is 18.6 Å². The number of allylic oxidation sites excluding steroid dienone is 1. The Labute approximate surface area is 190 Å². The highest BCUT2D eigenvalue weighted by molar-refractivity contribution is 5.95. The summed E-state index contributed by atoms with van der Waals surface area (Å²) in [6.07, 6.45) is 0. The number of rotatable bonds is 6. The quantitative estimate of drug-likeness (QED) is 0.453. The van der Waals surface area contributed by atoms with Gasteiger partial charge in [0.1, 0.15) is 5.75 Å². The van der Waals surface area contributed by atoms with Gasteiger partial charge in [-0.15, -0.1) is 0 Å². The molecule has 0 radical (unpaired) electrons. The minimum absolute atomic E-state index is 0.168. The molecule has 0 amide bonds. The topological polar surface area (TPSA) is 38.8 Å². The number of fused-ring (bicyclic) bond motifs is 1. The molecule has 0 aliphatic carbocycles. The zero-order valence-corrected chi connectivity index (χ0v) is 19.1. The van der Waals surface area contributed by atoms with E-state index in [2.05, 4.69) is 54.3 Å². The number of benzene rings is 3. The van der Waals surface area contributed by atoms with Crippen LogP contribution >= 0.6 is 0 Å². The second-order valence-electron chi connectivity index (χ2n) is 8.00. The lowest BCUT2D eigenvalue weighted by Crippen LogP contribution is -2.32. The number of hydrogen-bond acceptors (Lipinski definition) is 4. The first kappa shape index (κ1) is 21.7. The van der Waals surface area contributed by atoms with Gasteiger partial charge in [-0.2, -0.15) is 0 Å². The van der Waals surface area contributed by atoms with Gasteiger partial charge in [0, 0.05) is 23.8 Å². The summed E-state index contributed by atoms with van der Waals surface area (Å²) in [5.41, 5.74) is 7.28. The number of ether oxygens (including phenoxy) is 2. The SMILES string of the molecule is CCOC(=O)C1=C(C)N(Cc2ccc(OC)cc2)c2ccccc2[C@H]1c1ccccc1C. The van der Waals surface area contributed by atoms with Crippen molar-refractivity contribution < 1.29 is 14.3 Å². The third-order valence-corrected chi connectivity index (χ3v) is 6.12. The van der Waals surface area contributed by atoms with Crippen LogP contribution in [0.25, 0.3) is 0 Å². The van der Waals surface area contributed by atoms with Crippen LogP contribution in [-0.4, -0.2) is 19.7 Å². The molecule has 1 atom stereocenters. The van der Waals surface area contributed by atoms with Crippen LogP contribution in [0, 0.1) is 6.92 Å². The lowest BCUT2D eigenvalue weighted by Gasteiger charge is -2.38. The number of hydrogen-bond donors (Lipinski definition) is 0. The van der Waals surface area contributed by atoms with Gasteiger partial charge in [0.25, 0.3) is 0 Å². The summed E-state index contributed by atoms with van der Waals surface area (Å²) >= 11 is 0. The highest BCUT2D eigenvalue weighted by atomic mass is 16.5. The van der Waals surface area contributed by atoms with Crippen LogP contribution in [0.2, 0.25) is 0 Å². The molecule has 4 rings (SSSR count). The fraction of sp³-hybridized carbons (Fsp3) is 0.250. The molecule has 0 aromatic heterocycles. The summed E-state index contributed by atoms with van der Waals surface area (Å²) in [7, 11) is 1.67. The van der Waals surface area contributed by atoms with Gasteiger partial charge in [0.05, 0.1) is 19.3 Å². The standard InChI is InChI=1S/C28H29NO3/c1-5-32-28(30)26-20(3)29(18-21-14-16-22(31-4)17-15-21)25-13-9-8-12-24(25)27(26)23-11-7-6-10-19(23)2/h6-17,27H,5,18H2,1-4H3/t27-/m1/s1. The number of methoxy groups -OCH3 is 1. The van der Waals surface area contributed by atoms with Gasteiger partial charge in [0.2, 0.25) is 0 Å². The van der Waals surface area contributed by atoms with Crippen molar-refractivity contribution in [3.8, 4) is 5.75 Å². The van der Waals surface area contributed by atoms with Crippen LogP contribution in [0.15, 0.2) is 84.1 Å². The van der Waals surface area contributed by atoms with Gasteiger partial charge >= 0.3 is 5.97 Å². The molecule has 1 aliphatic heterocycles. The van der Waals surface area contributed by atoms with Crippen molar-refractivity contribution in [3.63, 3.8) is 0 Å². The minimum Gasteiger partial charge on any atom is -0.497 e. The van der Waals surface area contributed by atoms with E-state index >= 15 is 0 Å². The molecule has 4 heteroatoms. The molecule has 0 bridgehead atoms. The molecule has 4 nitrogen and oxygen atoms in total. The van der Waals surface area contributed by atoms with Crippen molar-refractivity contribution in [2.24, 2.45) is 0 Å². The smallest absolute Gasteiger partial charge is 0.336 e. The Morgan fingerprint density at radius 3 is 2.22 bits per heavy atom. The monoisotopic (exact) mass is 427 g/mol. The number of para-hydroxylation sites is 1. The van der Waals surface area contributed by atoms with E-state index < -0.39 is 0 Å². The maximum atomic E-state index is 13.3. The van der Waals surface area contributed by atoms with Crippen molar-refractivity contribution in [1.82, 2.24) is 0 Å². The van der Waals surface area contributed by atoms with E-state index in [4.69, 9.17) is 9.47 Å². The van der Waals surface area contributed by atoms with Crippen LogP contribution in [0.4, 0.5) is 5.69 Å². The van der Waals surface area contributed by atoms with Crippen LogP contribution in [-0.2, 0) is 16.1 Å². The molecule has 0 spiro atoms. The third kappa shape index (κ3) is 4.01. The summed E-state index contributed by atoms with van der Waals surface area (Å²) in [6.45, 7) is 6.96. The predicted octanol–water partition coefficient (Wildman–Crippen LogP) is 5.99. The lowest BCUT2D eigenvalue weighted by molar-refractivity contribution is -0.138. The Morgan fingerprint density at radius 1 is 0.906 bits per heavy atom. The molecule has 0 saturated carbocycles. The summed E-state index contributed by atoms with van der Waals surface area (Å²) in [5.74, 6) is 0.401.